The van der Waals surface area contributed by atoms with Gasteiger partial charge in [-0.15, -0.1) is 0 Å². The van der Waals surface area contributed by atoms with Crippen molar-refractivity contribution in [1.29, 1.82) is 0 Å². The van der Waals surface area contributed by atoms with Crippen LogP contribution in [0.4, 0.5) is 10.2 Å². The fraction of sp³-hybridized carbons (Fsp3) is 0.643. The highest BCUT2D eigenvalue weighted by molar-refractivity contribution is 7.89. The Kier molecular flexibility index (Phi) is 4.09. The Balaban J connectivity index is 1.65. The first kappa shape index (κ1) is 15.6. The Bertz CT molecular complexity index is 657. The van der Waals surface area contributed by atoms with E-state index >= 15 is 0 Å². The van der Waals surface area contributed by atoms with Gasteiger partial charge in [-0.2, -0.15) is 4.39 Å². The molecule has 0 atom stereocenters. The maximum absolute atomic E-state index is 14.0. The quantitative estimate of drug-likeness (QED) is 0.621. The van der Waals surface area contributed by atoms with Crippen LogP contribution in [-0.2, 0) is 10.0 Å². The van der Waals surface area contributed by atoms with Crippen molar-refractivity contribution in [2.75, 3.05) is 25.0 Å². The average Bonchev–Trinajstić information content (AvgIpc) is 3.38. The van der Waals surface area contributed by atoms with Gasteiger partial charge in [0.2, 0.25) is 16.0 Å². The predicted molar refractivity (Wildman–Crippen MR) is 79.4 cm³/mol. The van der Waals surface area contributed by atoms with Crippen molar-refractivity contribution >= 4 is 15.8 Å². The van der Waals surface area contributed by atoms with E-state index in [2.05, 4.69) is 15.0 Å². The van der Waals surface area contributed by atoms with E-state index < -0.39 is 20.9 Å². The molecule has 22 heavy (non-hydrogen) atoms. The van der Waals surface area contributed by atoms with Crippen molar-refractivity contribution < 1.29 is 17.9 Å². The summed E-state index contributed by atoms with van der Waals surface area (Å²) in [5.41, 5.74) is -0.130. The van der Waals surface area contributed by atoms with Crippen molar-refractivity contribution in [2.24, 2.45) is 11.3 Å². The van der Waals surface area contributed by atoms with Gasteiger partial charge in [0.25, 0.3) is 0 Å². The summed E-state index contributed by atoms with van der Waals surface area (Å²) in [7, 11) is -3.85. The topological polar surface area (TPSA) is 91.3 Å². The highest BCUT2D eigenvalue weighted by Crippen LogP contribution is 2.44. The molecule has 2 aliphatic carbocycles. The first-order valence-corrected chi connectivity index (χ1v) is 8.93. The molecular formula is C14H20FN3O3S. The summed E-state index contributed by atoms with van der Waals surface area (Å²) in [6.07, 6.45) is 3.88. The SMILES string of the molecule is O=S(=O)(NCC1CC1)c1ccc(NCC2(CO)CC2)nc1F. The van der Waals surface area contributed by atoms with E-state index in [9.17, 15) is 17.9 Å². The number of hydrogen-bond acceptors (Lipinski definition) is 5. The van der Waals surface area contributed by atoms with Crippen molar-refractivity contribution in [3.05, 3.63) is 18.1 Å². The number of nitrogens with zero attached hydrogens (tertiary/aromatic N) is 1. The molecule has 2 aliphatic rings. The smallest absolute Gasteiger partial charge is 0.245 e. The van der Waals surface area contributed by atoms with Gasteiger partial charge in [-0.1, -0.05) is 0 Å². The fourth-order valence-corrected chi connectivity index (χ4v) is 3.32. The van der Waals surface area contributed by atoms with Crippen molar-refractivity contribution in [2.45, 2.75) is 30.6 Å². The van der Waals surface area contributed by atoms with Gasteiger partial charge in [0.05, 0.1) is 6.61 Å². The summed E-state index contributed by atoms with van der Waals surface area (Å²) in [5, 5.41) is 12.2. The molecule has 1 aromatic rings. The van der Waals surface area contributed by atoms with Crippen molar-refractivity contribution in [1.82, 2.24) is 9.71 Å². The number of anilines is 1. The lowest BCUT2D eigenvalue weighted by molar-refractivity contribution is 0.219. The first-order valence-electron chi connectivity index (χ1n) is 7.45. The van der Waals surface area contributed by atoms with Crippen LogP contribution < -0.4 is 10.0 Å². The third-order valence-electron chi connectivity index (χ3n) is 4.30. The second-order valence-corrected chi connectivity index (χ2v) is 8.03. The van der Waals surface area contributed by atoms with Crippen LogP contribution in [0, 0.1) is 17.3 Å². The summed E-state index contributed by atoms with van der Waals surface area (Å²) >= 11 is 0. The highest BCUT2D eigenvalue weighted by atomic mass is 32.2. The number of halogens is 1. The van der Waals surface area contributed by atoms with E-state index in [0.717, 1.165) is 25.7 Å². The molecule has 0 aromatic carbocycles. The Morgan fingerprint density at radius 2 is 2.09 bits per heavy atom. The van der Waals surface area contributed by atoms with Crippen LogP contribution in [-0.4, -0.2) is 38.2 Å². The molecule has 3 rings (SSSR count). The number of rotatable bonds is 8. The summed E-state index contributed by atoms with van der Waals surface area (Å²) in [6.45, 7) is 0.933. The fourth-order valence-electron chi connectivity index (χ4n) is 2.19. The van der Waals surface area contributed by atoms with Gasteiger partial charge in [-0.3, -0.25) is 0 Å². The predicted octanol–water partition coefficient (Wildman–Crippen LogP) is 1.09. The lowest BCUT2D eigenvalue weighted by atomic mass is 10.1. The molecule has 2 fully saturated rings. The highest BCUT2D eigenvalue weighted by Gasteiger charge is 2.41. The molecular weight excluding hydrogens is 309 g/mol. The third kappa shape index (κ3) is 3.56. The van der Waals surface area contributed by atoms with Gasteiger partial charge in [-0.05, 0) is 43.7 Å². The number of hydrogen-bond donors (Lipinski definition) is 3. The minimum atomic E-state index is -3.85. The normalized spacial score (nSPS) is 19.9. The number of aromatic nitrogens is 1. The average molecular weight is 329 g/mol. The molecule has 8 heteroatoms. The Hall–Kier alpha value is -1.25. The molecule has 6 nitrogen and oxygen atoms in total. The second-order valence-electron chi connectivity index (χ2n) is 6.29. The Morgan fingerprint density at radius 3 is 2.64 bits per heavy atom. The molecule has 2 saturated carbocycles. The Labute approximate surface area is 129 Å². The molecule has 122 valence electrons. The molecule has 1 aromatic heterocycles. The standard InChI is InChI=1S/C14H20FN3O3S/c15-13-11(22(20,21)17-7-10-1-2-10)3-4-12(18-13)16-8-14(9-19)5-6-14/h3-4,10,17,19H,1-2,5-9H2,(H,16,18). The van der Waals surface area contributed by atoms with Crippen molar-refractivity contribution in [3.8, 4) is 0 Å². The number of aliphatic hydroxyl groups excluding tert-OH is 1. The zero-order valence-corrected chi connectivity index (χ0v) is 13.0. The van der Waals surface area contributed by atoms with Gasteiger partial charge in [-0.25, -0.2) is 18.1 Å². The minimum Gasteiger partial charge on any atom is -0.396 e. The summed E-state index contributed by atoms with van der Waals surface area (Å²) in [5.74, 6) is -0.361. The number of nitrogens with one attached hydrogen (secondary N) is 2. The summed E-state index contributed by atoms with van der Waals surface area (Å²) < 4.78 is 40.4. The number of sulfonamides is 1. The van der Waals surface area contributed by atoms with Crippen LogP contribution in [0.2, 0.25) is 0 Å². The van der Waals surface area contributed by atoms with E-state index in [1.165, 1.54) is 12.1 Å². The molecule has 0 aliphatic heterocycles. The molecule has 0 bridgehead atoms. The van der Waals surface area contributed by atoms with E-state index in [1.807, 2.05) is 0 Å². The van der Waals surface area contributed by atoms with Crippen LogP contribution >= 0.6 is 0 Å². The van der Waals surface area contributed by atoms with Crippen LogP contribution in [0.1, 0.15) is 25.7 Å². The largest absolute Gasteiger partial charge is 0.396 e. The summed E-state index contributed by atoms with van der Waals surface area (Å²) in [6, 6.07) is 2.67. The minimum absolute atomic E-state index is 0.0834. The number of pyridine rings is 1. The molecule has 3 N–H and O–H groups in total. The molecule has 0 unspecified atom stereocenters. The van der Waals surface area contributed by atoms with Gasteiger partial charge in [0.15, 0.2) is 0 Å². The van der Waals surface area contributed by atoms with E-state index in [0.29, 0.717) is 19.0 Å². The van der Waals surface area contributed by atoms with Crippen molar-refractivity contribution in [3.63, 3.8) is 0 Å². The van der Waals surface area contributed by atoms with E-state index in [-0.39, 0.29) is 17.8 Å². The Morgan fingerprint density at radius 1 is 1.36 bits per heavy atom. The maximum atomic E-state index is 14.0. The lowest BCUT2D eigenvalue weighted by Gasteiger charge is -2.14. The second kappa shape index (κ2) is 5.75. The van der Waals surface area contributed by atoms with Gasteiger partial charge in [0.1, 0.15) is 10.7 Å². The van der Waals surface area contributed by atoms with Crippen LogP contribution in [0.3, 0.4) is 0 Å². The van der Waals surface area contributed by atoms with Crippen LogP contribution in [0.5, 0.6) is 0 Å². The number of aliphatic hydroxyl groups is 1. The summed E-state index contributed by atoms with van der Waals surface area (Å²) in [4.78, 5) is 3.24. The maximum Gasteiger partial charge on any atom is 0.245 e. The zero-order valence-electron chi connectivity index (χ0n) is 12.2. The monoisotopic (exact) mass is 329 g/mol. The lowest BCUT2D eigenvalue weighted by Crippen LogP contribution is -2.27. The van der Waals surface area contributed by atoms with Crippen LogP contribution in [0.25, 0.3) is 0 Å². The van der Waals surface area contributed by atoms with Crippen LogP contribution in [0.15, 0.2) is 17.0 Å². The van der Waals surface area contributed by atoms with E-state index in [4.69, 9.17) is 0 Å². The molecule has 0 spiro atoms. The molecule has 1 heterocycles. The molecule has 0 amide bonds. The van der Waals surface area contributed by atoms with Gasteiger partial charge >= 0.3 is 0 Å². The van der Waals surface area contributed by atoms with E-state index in [1.54, 1.807) is 0 Å². The molecule has 0 saturated heterocycles. The zero-order chi connectivity index (χ0) is 15.8. The third-order valence-corrected chi connectivity index (χ3v) is 5.73. The first-order chi connectivity index (χ1) is 10.4. The van der Waals surface area contributed by atoms with Gasteiger partial charge < -0.3 is 10.4 Å². The van der Waals surface area contributed by atoms with Gasteiger partial charge in [0, 0.05) is 18.5 Å². The molecule has 0 radical (unpaired) electrons.